The minimum Gasteiger partial charge on any atom is -0.481 e. The zero-order valence-electron chi connectivity index (χ0n) is 18.7. The fraction of sp³-hybridized carbons (Fsp3) is 0.304. The van der Waals surface area contributed by atoms with Crippen LogP contribution in [0.1, 0.15) is 19.4 Å². The summed E-state index contributed by atoms with van der Waals surface area (Å²) in [6.07, 6.45) is -1.73. The van der Waals surface area contributed by atoms with Crippen LogP contribution < -0.4 is 5.73 Å². The molecule has 6 N–H and O–H groups in total. The molecule has 0 aliphatic heterocycles. The van der Waals surface area contributed by atoms with Crippen LogP contribution in [0.2, 0.25) is 10.0 Å². The molecule has 0 saturated heterocycles. The quantitative estimate of drug-likeness (QED) is 0.351. The summed E-state index contributed by atoms with van der Waals surface area (Å²) in [6.45, 7) is 16.2. The first-order chi connectivity index (χ1) is 16.2. The van der Waals surface area contributed by atoms with Crippen molar-refractivity contribution in [2.75, 3.05) is 0 Å². The monoisotopic (exact) mass is 527 g/mol. The summed E-state index contributed by atoms with van der Waals surface area (Å²) in [5, 5.41) is 35.3. The van der Waals surface area contributed by atoms with Gasteiger partial charge in [-0.2, -0.15) is 0 Å². The van der Waals surface area contributed by atoms with E-state index in [9.17, 15) is 19.1 Å². The minimum atomic E-state index is -1.18. The van der Waals surface area contributed by atoms with Crippen molar-refractivity contribution >= 4 is 46.5 Å². The van der Waals surface area contributed by atoms with Gasteiger partial charge in [0.2, 0.25) is 11.4 Å². The van der Waals surface area contributed by atoms with E-state index in [0.29, 0.717) is 16.3 Å². The molecule has 0 bridgehead atoms. The fourth-order valence-corrected chi connectivity index (χ4v) is 2.72. The van der Waals surface area contributed by atoms with Crippen LogP contribution in [-0.4, -0.2) is 50.6 Å². The number of hydrogen-bond acceptors (Lipinski definition) is 5. The predicted octanol–water partition coefficient (Wildman–Crippen LogP) is 4.32. The molecule has 0 amide bonds. The Morgan fingerprint density at radius 3 is 1.74 bits per heavy atom. The second-order valence-corrected chi connectivity index (χ2v) is 7.91. The Bertz CT molecular complexity index is 1100. The molecule has 2 aromatic rings. The summed E-state index contributed by atoms with van der Waals surface area (Å²) in [4.78, 5) is 27.0. The molecule has 0 aromatic heterocycles. The van der Waals surface area contributed by atoms with Gasteiger partial charge in [-0.25, -0.2) is 14.1 Å². The number of aliphatic hydroxyl groups excluding tert-OH is 2. The molecule has 4 atom stereocenters. The molecule has 188 valence electrons. The molecule has 0 heterocycles. The lowest BCUT2D eigenvalue weighted by Crippen LogP contribution is -2.39. The van der Waals surface area contributed by atoms with Crippen LogP contribution in [0.3, 0.4) is 0 Å². The highest BCUT2D eigenvalue weighted by Crippen LogP contribution is 2.27. The van der Waals surface area contributed by atoms with E-state index in [-0.39, 0.29) is 17.1 Å². The van der Waals surface area contributed by atoms with Gasteiger partial charge in [0, 0.05) is 10.0 Å². The van der Waals surface area contributed by atoms with E-state index >= 15 is 0 Å². The topological polar surface area (TPSA) is 150 Å². The van der Waals surface area contributed by atoms with Crippen molar-refractivity contribution in [1.82, 2.24) is 0 Å². The first-order valence-corrected chi connectivity index (χ1v) is 10.6. The van der Waals surface area contributed by atoms with Crippen LogP contribution in [0.15, 0.2) is 36.4 Å². The highest BCUT2D eigenvalue weighted by Gasteiger charge is 2.23. The zero-order chi connectivity index (χ0) is 27.3. The van der Waals surface area contributed by atoms with Crippen LogP contribution in [0.25, 0.3) is 9.69 Å². The summed E-state index contributed by atoms with van der Waals surface area (Å²) in [5.74, 6) is -3.52. The highest BCUT2D eigenvalue weighted by atomic mass is 35.5. The standard InChI is InChI=1S/C12H12ClNO3.C7H3ClFN.C4H9NO3/c1-7(15)9(12(16)17)5-8-3-4-11(14-2)10(13)6-8;1-10-7-3-2-5(9)4-6(7)8;1-2(6)3(5)4(7)8/h3-4,6-7,9,15H,5H2,1H3,(H,16,17);2-4H;2-3,6H,5H2,1H3,(H,7,8)/t7-,9-;;2-,3-/m1.1/s1. The largest absolute Gasteiger partial charge is 0.481 e. The van der Waals surface area contributed by atoms with Crippen molar-refractivity contribution < 1.29 is 34.4 Å². The lowest BCUT2D eigenvalue weighted by atomic mass is 9.95. The SMILES string of the molecule is C[C@@H](O)[C@@H](N)C(=O)O.[C-]#[N+]c1ccc(C[C@@H](C(=O)O)[C@@H](C)O)cc1Cl.[C-]#[N+]c1ccc(F)cc1Cl. The molecule has 0 aliphatic rings. The number of nitrogens with two attached hydrogens (primary N) is 1. The van der Waals surface area contributed by atoms with Gasteiger partial charge in [0.1, 0.15) is 11.9 Å². The Hall–Kier alpha value is -3.25. The second kappa shape index (κ2) is 15.6. The molecule has 0 radical (unpaired) electrons. The van der Waals surface area contributed by atoms with Gasteiger partial charge in [0.05, 0.1) is 31.3 Å². The predicted molar refractivity (Wildman–Crippen MR) is 129 cm³/mol. The van der Waals surface area contributed by atoms with Gasteiger partial charge >= 0.3 is 11.9 Å². The van der Waals surface area contributed by atoms with Crippen molar-refractivity contribution in [2.45, 2.75) is 38.5 Å². The number of carboxylic acids is 2. The minimum absolute atomic E-state index is 0.162. The third kappa shape index (κ3) is 11.6. The first-order valence-electron chi connectivity index (χ1n) is 9.80. The van der Waals surface area contributed by atoms with Gasteiger partial charge in [-0.1, -0.05) is 47.5 Å². The molecule has 35 heavy (non-hydrogen) atoms. The number of benzene rings is 2. The van der Waals surface area contributed by atoms with Crippen molar-refractivity contribution in [2.24, 2.45) is 11.7 Å². The third-order valence-electron chi connectivity index (χ3n) is 4.32. The van der Waals surface area contributed by atoms with Crippen molar-refractivity contribution in [1.29, 1.82) is 0 Å². The normalized spacial score (nSPS) is 13.2. The smallest absolute Gasteiger partial charge is 0.323 e. The summed E-state index contributed by atoms with van der Waals surface area (Å²) in [5.41, 5.74) is 6.21. The van der Waals surface area contributed by atoms with Crippen LogP contribution in [0.5, 0.6) is 0 Å². The Labute approximate surface area is 211 Å². The number of carboxylic acid groups (broad SMARTS) is 2. The Kier molecular flexibility index (Phi) is 14.2. The summed E-state index contributed by atoms with van der Waals surface area (Å²) in [6, 6.07) is 7.28. The average molecular weight is 528 g/mol. The third-order valence-corrected chi connectivity index (χ3v) is 4.93. The van der Waals surface area contributed by atoms with Crippen LogP contribution in [0, 0.1) is 24.9 Å². The van der Waals surface area contributed by atoms with E-state index in [2.05, 4.69) is 9.69 Å². The van der Waals surface area contributed by atoms with Gasteiger partial charge in [0.25, 0.3) is 0 Å². The van der Waals surface area contributed by atoms with E-state index in [1.165, 1.54) is 26.0 Å². The molecule has 0 spiro atoms. The van der Waals surface area contributed by atoms with E-state index in [4.69, 9.17) is 57.4 Å². The molecule has 0 fully saturated rings. The van der Waals surface area contributed by atoms with Gasteiger partial charge in [0.15, 0.2) is 0 Å². The molecule has 2 rings (SSSR count). The summed E-state index contributed by atoms with van der Waals surface area (Å²) in [7, 11) is 0. The van der Waals surface area contributed by atoms with Gasteiger partial charge < -0.3 is 26.2 Å². The number of halogens is 3. The van der Waals surface area contributed by atoms with E-state index in [1.807, 2.05) is 0 Å². The van der Waals surface area contributed by atoms with Gasteiger partial charge in [-0.3, -0.25) is 9.59 Å². The molecular weight excluding hydrogens is 504 g/mol. The first kappa shape index (κ1) is 31.8. The van der Waals surface area contributed by atoms with Crippen molar-refractivity contribution in [3.63, 3.8) is 0 Å². The number of aliphatic hydroxyl groups is 2. The van der Waals surface area contributed by atoms with Crippen LogP contribution >= 0.6 is 23.2 Å². The lowest BCUT2D eigenvalue weighted by molar-refractivity contribution is -0.145. The van der Waals surface area contributed by atoms with Crippen LogP contribution in [0.4, 0.5) is 15.8 Å². The molecule has 0 saturated carbocycles. The van der Waals surface area contributed by atoms with E-state index in [0.717, 1.165) is 6.07 Å². The maximum Gasteiger partial charge on any atom is 0.323 e. The van der Waals surface area contributed by atoms with Gasteiger partial charge in [-0.05, 0) is 38.0 Å². The molecule has 0 aliphatic carbocycles. The molecule has 0 unspecified atom stereocenters. The molecular formula is C23H24Cl2FN3O6. The molecule has 12 heteroatoms. The molecule has 9 nitrogen and oxygen atoms in total. The number of hydrogen-bond donors (Lipinski definition) is 5. The number of nitrogens with zero attached hydrogens (tertiary/aromatic N) is 2. The van der Waals surface area contributed by atoms with Crippen LogP contribution in [-0.2, 0) is 16.0 Å². The Balaban J connectivity index is 0.000000545. The highest BCUT2D eigenvalue weighted by molar-refractivity contribution is 6.33. The fourth-order valence-electron chi connectivity index (χ4n) is 2.26. The summed E-state index contributed by atoms with van der Waals surface area (Å²) >= 11 is 11.3. The second-order valence-electron chi connectivity index (χ2n) is 7.10. The number of aliphatic carboxylic acids is 2. The number of rotatable bonds is 6. The Morgan fingerprint density at radius 2 is 1.43 bits per heavy atom. The maximum absolute atomic E-state index is 12.3. The maximum atomic E-state index is 12.3. The van der Waals surface area contributed by atoms with E-state index < -0.39 is 41.9 Å². The number of carbonyl (C=O) groups is 2. The van der Waals surface area contributed by atoms with Gasteiger partial charge in [-0.15, -0.1) is 0 Å². The Morgan fingerprint density at radius 1 is 0.943 bits per heavy atom. The average Bonchev–Trinajstić information content (AvgIpc) is 2.77. The van der Waals surface area contributed by atoms with Crippen molar-refractivity contribution in [3.8, 4) is 0 Å². The van der Waals surface area contributed by atoms with Crippen molar-refractivity contribution in [3.05, 3.63) is 80.7 Å². The lowest BCUT2D eigenvalue weighted by Gasteiger charge is -2.15. The molecule has 2 aromatic carbocycles. The zero-order valence-corrected chi connectivity index (χ0v) is 20.2. The summed E-state index contributed by atoms with van der Waals surface area (Å²) < 4.78 is 12.3. The van der Waals surface area contributed by atoms with E-state index in [1.54, 1.807) is 18.2 Å².